The Balaban J connectivity index is 2.32. The summed E-state index contributed by atoms with van der Waals surface area (Å²) in [5.74, 6) is 0. The van der Waals surface area contributed by atoms with Gasteiger partial charge in [0.1, 0.15) is 0 Å². The van der Waals surface area contributed by atoms with E-state index in [-0.39, 0.29) is 6.61 Å². The third-order valence-electron chi connectivity index (χ3n) is 3.74. The molecule has 0 aliphatic rings. The summed E-state index contributed by atoms with van der Waals surface area (Å²) in [6.07, 6.45) is 0.754. The molecule has 0 saturated carbocycles. The van der Waals surface area contributed by atoms with Gasteiger partial charge in [-0.2, -0.15) is 0 Å². The van der Waals surface area contributed by atoms with E-state index in [0.29, 0.717) is 6.54 Å². The van der Waals surface area contributed by atoms with Crippen LogP contribution in [-0.4, -0.2) is 18.3 Å². The number of aliphatic hydroxyl groups excluding tert-OH is 1. The standard InChI is InChI=1S/C17H21NO/c1-14-7-9-15(10-8-14)11-17(12-18,13-19)16-5-3-2-4-6-16/h2-10,19H,11-13,18H2,1H3. The Kier molecular flexibility index (Phi) is 4.35. The molecule has 0 saturated heterocycles. The monoisotopic (exact) mass is 255 g/mol. The molecular weight excluding hydrogens is 234 g/mol. The van der Waals surface area contributed by atoms with E-state index in [2.05, 4.69) is 31.2 Å². The van der Waals surface area contributed by atoms with Crippen molar-refractivity contribution in [3.63, 3.8) is 0 Å². The van der Waals surface area contributed by atoms with Crippen molar-refractivity contribution in [3.05, 3.63) is 71.3 Å². The quantitative estimate of drug-likeness (QED) is 0.862. The van der Waals surface area contributed by atoms with E-state index in [9.17, 15) is 5.11 Å². The number of aryl methyl sites for hydroxylation is 1. The topological polar surface area (TPSA) is 46.2 Å². The number of hydrogen-bond acceptors (Lipinski definition) is 2. The number of benzene rings is 2. The molecule has 0 aromatic heterocycles. The minimum absolute atomic E-state index is 0.0569. The van der Waals surface area contributed by atoms with Gasteiger partial charge in [0, 0.05) is 12.0 Å². The van der Waals surface area contributed by atoms with Gasteiger partial charge in [-0.1, -0.05) is 60.2 Å². The van der Waals surface area contributed by atoms with Crippen LogP contribution in [0, 0.1) is 6.92 Å². The Morgan fingerprint density at radius 2 is 1.63 bits per heavy atom. The van der Waals surface area contributed by atoms with Crippen LogP contribution >= 0.6 is 0 Å². The first-order valence-corrected chi connectivity index (χ1v) is 6.62. The SMILES string of the molecule is Cc1ccc(CC(CN)(CO)c2ccccc2)cc1. The zero-order chi connectivity index (χ0) is 13.7. The molecule has 2 aromatic rings. The van der Waals surface area contributed by atoms with Crippen LogP contribution in [-0.2, 0) is 11.8 Å². The molecule has 2 heteroatoms. The van der Waals surface area contributed by atoms with Gasteiger partial charge in [-0.05, 0) is 24.5 Å². The summed E-state index contributed by atoms with van der Waals surface area (Å²) in [6, 6.07) is 18.5. The highest BCUT2D eigenvalue weighted by molar-refractivity contribution is 5.31. The fourth-order valence-corrected chi connectivity index (χ4v) is 2.39. The molecule has 0 fully saturated rings. The zero-order valence-electron chi connectivity index (χ0n) is 11.3. The van der Waals surface area contributed by atoms with Crippen molar-refractivity contribution < 1.29 is 5.11 Å². The van der Waals surface area contributed by atoms with Crippen molar-refractivity contribution in [1.82, 2.24) is 0 Å². The Hall–Kier alpha value is -1.64. The third kappa shape index (κ3) is 3.03. The van der Waals surface area contributed by atoms with Crippen LogP contribution in [0.3, 0.4) is 0 Å². The summed E-state index contributed by atoms with van der Waals surface area (Å²) in [6.45, 7) is 2.56. The molecule has 0 bridgehead atoms. The summed E-state index contributed by atoms with van der Waals surface area (Å²) < 4.78 is 0. The first-order valence-electron chi connectivity index (χ1n) is 6.62. The summed E-state index contributed by atoms with van der Waals surface area (Å²) in [4.78, 5) is 0. The first kappa shape index (κ1) is 13.8. The number of nitrogens with two attached hydrogens (primary N) is 1. The lowest BCUT2D eigenvalue weighted by molar-refractivity contribution is 0.196. The molecule has 0 radical (unpaired) electrons. The van der Waals surface area contributed by atoms with E-state index in [1.54, 1.807) is 0 Å². The number of aliphatic hydroxyl groups is 1. The highest BCUT2D eigenvalue weighted by Gasteiger charge is 2.30. The second kappa shape index (κ2) is 6.00. The predicted octanol–water partition coefficient (Wildman–Crippen LogP) is 2.43. The largest absolute Gasteiger partial charge is 0.395 e. The van der Waals surface area contributed by atoms with Gasteiger partial charge in [-0.3, -0.25) is 0 Å². The average Bonchev–Trinajstić information content (AvgIpc) is 2.48. The van der Waals surface area contributed by atoms with Crippen molar-refractivity contribution in [1.29, 1.82) is 0 Å². The minimum atomic E-state index is -0.392. The summed E-state index contributed by atoms with van der Waals surface area (Å²) in [5, 5.41) is 9.87. The van der Waals surface area contributed by atoms with Gasteiger partial charge in [-0.15, -0.1) is 0 Å². The molecule has 2 rings (SSSR count). The number of rotatable bonds is 5. The van der Waals surface area contributed by atoms with Gasteiger partial charge in [0.15, 0.2) is 0 Å². The Morgan fingerprint density at radius 1 is 1.00 bits per heavy atom. The predicted molar refractivity (Wildman–Crippen MR) is 79.1 cm³/mol. The van der Waals surface area contributed by atoms with E-state index < -0.39 is 5.41 Å². The van der Waals surface area contributed by atoms with Crippen LogP contribution in [0.5, 0.6) is 0 Å². The van der Waals surface area contributed by atoms with Gasteiger partial charge in [0.2, 0.25) is 0 Å². The van der Waals surface area contributed by atoms with E-state index in [0.717, 1.165) is 12.0 Å². The van der Waals surface area contributed by atoms with Crippen molar-refractivity contribution in [2.75, 3.05) is 13.2 Å². The summed E-state index contributed by atoms with van der Waals surface area (Å²) in [7, 11) is 0. The van der Waals surface area contributed by atoms with Crippen molar-refractivity contribution in [2.45, 2.75) is 18.8 Å². The molecule has 0 aliphatic heterocycles. The van der Waals surface area contributed by atoms with Crippen LogP contribution in [0.25, 0.3) is 0 Å². The average molecular weight is 255 g/mol. The highest BCUT2D eigenvalue weighted by atomic mass is 16.3. The highest BCUT2D eigenvalue weighted by Crippen LogP contribution is 2.27. The Labute approximate surface area is 114 Å². The van der Waals surface area contributed by atoms with Crippen molar-refractivity contribution in [3.8, 4) is 0 Å². The van der Waals surface area contributed by atoms with Gasteiger partial charge in [-0.25, -0.2) is 0 Å². The molecular formula is C17H21NO. The summed E-state index contributed by atoms with van der Waals surface area (Å²) >= 11 is 0. The molecule has 19 heavy (non-hydrogen) atoms. The maximum absolute atomic E-state index is 9.87. The Bertz CT molecular complexity index is 501. The van der Waals surface area contributed by atoms with E-state index >= 15 is 0 Å². The van der Waals surface area contributed by atoms with Crippen LogP contribution in [0.2, 0.25) is 0 Å². The maximum atomic E-state index is 9.87. The van der Waals surface area contributed by atoms with Crippen LogP contribution in [0.15, 0.2) is 54.6 Å². The fourth-order valence-electron chi connectivity index (χ4n) is 2.39. The van der Waals surface area contributed by atoms with E-state index in [1.165, 1.54) is 11.1 Å². The van der Waals surface area contributed by atoms with Crippen LogP contribution < -0.4 is 5.73 Å². The molecule has 0 heterocycles. The molecule has 2 nitrogen and oxygen atoms in total. The van der Waals surface area contributed by atoms with Gasteiger partial charge in [0.25, 0.3) is 0 Å². The maximum Gasteiger partial charge on any atom is 0.0543 e. The van der Waals surface area contributed by atoms with E-state index in [1.807, 2.05) is 30.3 Å². The third-order valence-corrected chi connectivity index (χ3v) is 3.74. The molecule has 1 unspecified atom stereocenters. The summed E-state index contributed by atoms with van der Waals surface area (Å²) in [5.41, 5.74) is 9.12. The lowest BCUT2D eigenvalue weighted by atomic mass is 9.76. The van der Waals surface area contributed by atoms with Gasteiger partial charge in [0.05, 0.1) is 6.61 Å². The molecule has 0 spiro atoms. The van der Waals surface area contributed by atoms with Crippen LogP contribution in [0.4, 0.5) is 0 Å². The van der Waals surface area contributed by atoms with Gasteiger partial charge < -0.3 is 10.8 Å². The molecule has 3 N–H and O–H groups in total. The molecule has 100 valence electrons. The second-order valence-electron chi connectivity index (χ2n) is 5.17. The second-order valence-corrected chi connectivity index (χ2v) is 5.17. The minimum Gasteiger partial charge on any atom is -0.395 e. The smallest absolute Gasteiger partial charge is 0.0543 e. The van der Waals surface area contributed by atoms with Crippen LogP contribution in [0.1, 0.15) is 16.7 Å². The normalized spacial score (nSPS) is 14.1. The van der Waals surface area contributed by atoms with E-state index in [4.69, 9.17) is 5.73 Å². The first-order chi connectivity index (χ1) is 9.20. The Morgan fingerprint density at radius 3 is 2.16 bits per heavy atom. The van der Waals surface area contributed by atoms with Crippen molar-refractivity contribution >= 4 is 0 Å². The van der Waals surface area contributed by atoms with Crippen molar-refractivity contribution in [2.24, 2.45) is 5.73 Å². The molecule has 0 aliphatic carbocycles. The molecule has 0 amide bonds. The van der Waals surface area contributed by atoms with Gasteiger partial charge >= 0.3 is 0 Å². The fraction of sp³-hybridized carbons (Fsp3) is 0.294. The molecule has 1 atom stereocenters. The lowest BCUT2D eigenvalue weighted by Crippen LogP contribution is -2.41. The zero-order valence-corrected chi connectivity index (χ0v) is 11.3. The number of hydrogen-bond donors (Lipinski definition) is 2. The lowest BCUT2D eigenvalue weighted by Gasteiger charge is -2.31. The molecule has 2 aromatic carbocycles.